The van der Waals surface area contributed by atoms with E-state index in [9.17, 15) is 4.79 Å². The van der Waals surface area contributed by atoms with E-state index < -0.39 is 0 Å². The van der Waals surface area contributed by atoms with Crippen LogP contribution in [0.5, 0.6) is 0 Å². The molecule has 1 rings (SSSR count). The van der Waals surface area contributed by atoms with Gasteiger partial charge in [-0.2, -0.15) is 0 Å². The Morgan fingerprint density at radius 3 is 2.92 bits per heavy atom. The normalized spacial score (nSPS) is 25.2. The van der Waals surface area contributed by atoms with Gasteiger partial charge in [0.1, 0.15) is 11.5 Å². The molecule has 0 fully saturated rings. The van der Waals surface area contributed by atoms with Crippen LogP contribution in [0.3, 0.4) is 0 Å². The average Bonchev–Trinajstić information content (AvgIpc) is 2.20. The fraction of sp³-hybridized carbons (Fsp3) is 0.364. The predicted octanol–water partition coefficient (Wildman–Crippen LogP) is 2.38. The lowest BCUT2D eigenvalue weighted by Crippen LogP contribution is -1.97. The zero-order valence-electron chi connectivity index (χ0n) is 7.88. The summed E-state index contributed by atoms with van der Waals surface area (Å²) < 4.78 is 5.13. The van der Waals surface area contributed by atoms with Gasteiger partial charge in [0.15, 0.2) is 0 Å². The van der Waals surface area contributed by atoms with Crippen molar-refractivity contribution in [1.82, 2.24) is 0 Å². The highest BCUT2D eigenvalue weighted by molar-refractivity contribution is 5.80. The molecule has 0 saturated carbocycles. The van der Waals surface area contributed by atoms with Crippen LogP contribution < -0.4 is 0 Å². The molecule has 1 aliphatic carbocycles. The maximum absolute atomic E-state index is 11.2. The average molecular weight is 178 g/mol. The molecule has 0 saturated heterocycles. The van der Waals surface area contributed by atoms with Crippen LogP contribution >= 0.6 is 0 Å². The molecule has 0 unspecified atom stereocenters. The third-order valence-electron chi connectivity index (χ3n) is 2.00. The number of carbonyl (C=O) groups excluding carboxylic acids is 1. The van der Waals surface area contributed by atoms with Crippen LogP contribution in [0, 0.1) is 0 Å². The molecule has 0 atom stereocenters. The van der Waals surface area contributed by atoms with E-state index in [4.69, 9.17) is 4.74 Å². The van der Waals surface area contributed by atoms with Gasteiger partial charge in [0.2, 0.25) is 0 Å². The Kier molecular flexibility index (Phi) is 3.50. The summed E-state index contributed by atoms with van der Waals surface area (Å²) in [6.45, 7) is 3.86. The number of methoxy groups -OCH3 is 1. The van der Waals surface area contributed by atoms with Crippen molar-refractivity contribution in [3.05, 3.63) is 36.1 Å². The number of rotatable bonds is 1. The molecule has 70 valence electrons. The first-order valence-corrected chi connectivity index (χ1v) is 4.34. The fourth-order valence-corrected chi connectivity index (χ4v) is 1.20. The monoisotopic (exact) mass is 178 g/mol. The maximum Gasteiger partial charge on any atom is 0.136 e. The van der Waals surface area contributed by atoms with Crippen LogP contribution in [0.2, 0.25) is 0 Å². The Morgan fingerprint density at radius 1 is 1.46 bits per heavy atom. The molecule has 2 nitrogen and oxygen atoms in total. The number of hydrogen-bond donors (Lipinski definition) is 0. The van der Waals surface area contributed by atoms with Crippen molar-refractivity contribution in [1.29, 1.82) is 0 Å². The van der Waals surface area contributed by atoms with E-state index in [1.165, 1.54) is 0 Å². The molecule has 2 heteroatoms. The molecule has 0 bridgehead atoms. The quantitative estimate of drug-likeness (QED) is 0.616. The second-order valence-electron chi connectivity index (χ2n) is 3.01. The van der Waals surface area contributed by atoms with E-state index in [0.717, 1.165) is 11.3 Å². The van der Waals surface area contributed by atoms with Crippen molar-refractivity contribution in [2.24, 2.45) is 0 Å². The lowest BCUT2D eigenvalue weighted by atomic mass is 10.1. The molecule has 0 radical (unpaired) electrons. The zero-order chi connectivity index (χ0) is 9.68. The lowest BCUT2D eigenvalue weighted by Gasteiger charge is -2.06. The summed E-state index contributed by atoms with van der Waals surface area (Å²) in [7, 11) is 1.62. The summed E-state index contributed by atoms with van der Waals surface area (Å²) >= 11 is 0. The number of hydrogen-bond acceptors (Lipinski definition) is 2. The molecule has 0 aromatic heterocycles. The Bertz CT molecular complexity index is 272. The van der Waals surface area contributed by atoms with Crippen LogP contribution in [0.1, 0.15) is 19.3 Å². The third kappa shape index (κ3) is 2.90. The van der Waals surface area contributed by atoms with Crippen LogP contribution in [0.25, 0.3) is 0 Å². The predicted molar refractivity (Wildman–Crippen MR) is 52.2 cm³/mol. The Balaban J connectivity index is 2.76. The van der Waals surface area contributed by atoms with E-state index in [1.807, 2.05) is 18.2 Å². The molecule has 0 spiro atoms. The van der Waals surface area contributed by atoms with E-state index >= 15 is 0 Å². The van der Waals surface area contributed by atoms with Gasteiger partial charge in [0.05, 0.1) is 7.11 Å². The fourth-order valence-electron chi connectivity index (χ4n) is 1.20. The van der Waals surface area contributed by atoms with E-state index in [1.54, 1.807) is 7.11 Å². The number of allylic oxidation sites excluding steroid dienone is 4. The van der Waals surface area contributed by atoms with Crippen LogP contribution in [0.4, 0.5) is 0 Å². The molecule has 0 aliphatic heterocycles. The summed E-state index contributed by atoms with van der Waals surface area (Å²) in [4.78, 5) is 11.2. The molecule has 1 aliphatic rings. The summed E-state index contributed by atoms with van der Waals surface area (Å²) in [6.07, 6.45) is 7.30. The Labute approximate surface area is 78.6 Å². The van der Waals surface area contributed by atoms with Gasteiger partial charge in [-0.05, 0) is 18.1 Å². The van der Waals surface area contributed by atoms with Gasteiger partial charge >= 0.3 is 0 Å². The molecule has 13 heavy (non-hydrogen) atoms. The number of ether oxygens (including phenoxy) is 1. The van der Waals surface area contributed by atoms with Crippen molar-refractivity contribution in [2.45, 2.75) is 19.3 Å². The topological polar surface area (TPSA) is 26.3 Å². The van der Waals surface area contributed by atoms with Crippen LogP contribution in [-0.2, 0) is 9.53 Å². The summed E-state index contributed by atoms with van der Waals surface area (Å²) in [5.74, 6) is 1.02. The standard InChI is InChI=1S/C11H14O2/c1-9-7-8-10(12)5-3-4-6-11(9)13-2/h3-4,6H,1,5,7-8H2,2H3/b4-3-,11-6+. The molecule has 0 aromatic carbocycles. The van der Waals surface area contributed by atoms with Gasteiger partial charge in [0.25, 0.3) is 0 Å². The van der Waals surface area contributed by atoms with Gasteiger partial charge in [-0.25, -0.2) is 0 Å². The van der Waals surface area contributed by atoms with Gasteiger partial charge in [-0.1, -0.05) is 18.7 Å². The van der Waals surface area contributed by atoms with Crippen molar-refractivity contribution in [2.75, 3.05) is 7.11 Å². The Hall–Kier alpha value is -1.31. The number of ketones is 1. The first-order chi connectivity index (χ1) is 6.24. The minimum absolute atomic E-state index is 0.253. The van der Waals surface area contributed by atoms with Gasteiger partial charge in [-0.15, -0.1) is 0 Å². The van der Waals surface area contributed by atoms with Gasteiger partial charge in [0, 0.05) is 12.8 Å². The van der Waals surface area contributed by atoms with E-state index in [-0.39, 0.29) is 5.78 Å². The van der Waals surface area contributed by atoms with Gasteiger partial charge < -0.3 is 4.74 Å². The highest BCUT2D eigenvalue weighted by Crippen LogP contribution is 2.17. The van der Waals surface area contributed by atoms with Crippen molar-refractivity contribution in [3.8, 4) is 0 Å². The van der Waals surface area contributed by atoms with Crippen molar-refractivity contribution in [3.63, 3.8) is 0 Å². The molecular formula is C11H14O2. The minimum atomic E-state index is 0.253. The zero-order valence-corrected chi connectivity index (χ0v) is 7.88. The highest BCUT2D eigenvalue weighted by Gasteiger charge is 2.07. The first kappa shape index (κ1) is 9.78. The molecule has 0 N–H and O–H groups in total. The summed E-state index contributed by atoms with van der Waals surface area (Å²) in [6, 6.07) is 0. The maximum atomic E-state index is 11.2. The lowest BCUT2D eigenvalue weighted by molar-refractivity contribution is -0.118. The van der Waals surface area contributed by atoms with Gasteiger partial charge in [-0.3, -0.25) is 4.79 Å². The van der Waals surface area contributed by atoms with E-state index in [2.05, 4.69) is 6.58 Å². The van der Waals surface area contributed by atoms with Crippen molar-refractivity contribution >= 4 is 5.78 Å². The smallest absolute Gasteiger partial charge is 0.136 e. The summed E-state index contributed by atoms with van der Waals surface area (Å²) in [5.41, 5.74) is 0.891. The van der Waals surface area contributed by atoms with Crippen LogP contribution in [-0.4, -0.2) is 12.9 Å². The first-order valence-electron chi connectivity index (χ1n) is 4.34. The Morgan fingerprint density at radius 2 is 2.23 bits per heavy atom. The molecule has 0 heterocycles. The van der Waals surface area contributed by atoms with E-state index in [0.29, 0.717) is 19.3 Å². The SMILES string of the molecule is C=C1CCC(=O)C/C=C\C=C/1OC. The second kappa shape index (κ2) is 4.65. The molecular weight excluding hydrogens is 164 g/mol. The van der Waals surface area contributed by atoms with Crippen molar-refractivity contribution < 1.29 is 9.53 Å². The molecule has 0 aromatic rings. The summed E-state index contributed by atoms with van der Waals surface area (Å²) in [5, 5.41) is 0. The second-order valence-corrected chi connectivity index (χ2v) is 3.01. The highest BCUT2D eigenvalue weighted by atomic mass is 16.5. The minimum Gasteiger partial charge on any atom is -0.497 e. The largest absolute Gasteiger partial charge is 0.497 e. The number of carbonyl (C=O) groups is 1. The third-order valence-corrected chi connectivity index (χ3v) is 2.00. The molecule has 0 amide bonds. The van der Waals surface area contributed by atoms with Crippen LogP contribution in [0.15, 0.2) is 36.1 Å². The number of Topliss-reactive ketones (excluding diaryl/α,β-unsaturated/α-hetero) is 1.